The molecule has 0 bridgehead atoms. The Morgan fingerprint density at radius 3 is 2.71 bits per heavy atom. The number of aromatic nitrogens is 2. The summed E-state index contributed by atoms with van der Waals surface area (Å²) < 4.78 is 1.37. The summed E-state index contributed by atoms with van der Waals surface area (Å²) in [4.78, 5) is 16.8. The maximum absolute atomic E-state index is 11.6. The zero-order chi connectivity index (χ0) is 10.8. The molecule has 1 aromatic heterocycles. The minimum atomic E-state index is -0.884. The molecule has 5 heteroatoms. The van der Waals surface area contributed by atoms with Crippen LogP contribution in [0.25, 0.3) is 0 Å². The molecule has 0 aromatic carbocycles. The third kappa shape index (κ3) is 2.85. The standard InChI is InChI=1S/C9H15N3O2/c1-9(2,14)6-11(3)8(13)12-5-4-10-7-12/h4-5,7,14H,6H2,1-3H3. The topological polar surface area (TPSA) is 58.4 Å². The molecule has 1 rings (SSSR count). The predicted octanol–water partition coefficient (Wildman–Crippen LogP) is 0.554. The third-order valence-corrected chi connectivity index (χ3v) is 1.68. The second-order valence-corrected chi connectivity index (χ2v) is 3.92. The Labute approximate surface area is 83.0 Å². The van der Waals surface area contributed by atoms with Gasteiger partial charge in [-0.2, -0.15) is 0 Å². The number of amides is 1. The van der Waals surface area contributed by atoms with Crippen molar-refractivity contribution in [3.05, 3.63) is 18.7 Å². The minimum absolute atomic E-state index is 0.204. The van der Waals surface area contributed by atoms with Crippen molar-refractivity contribution < 1.29 is 9.90 Å². The molecule has 0 saturated carbocycles. The number of carbonyl (C=O) groups is 1. The van der Waals surface area contributed by atoms with Crippen LogP contribution in [0.5, 0.6) is 0 Å². The van der Waals surface area contributed by atoms with Crippen LogP contribution < -0.4 is 0 Å². The smallest absolute Gasteiger partial charge is 0.329 e. The minimum Gasteiger partial charge on any atom is -0.389 e. The zero-order valence-corrected chi connectivity index (χ0v) is 8.64. The maximum Gasteiger partial charge on any atom is 0.329 e. The lowest BCUT2D eigenvalue weighted by Crippen LogP contribution is -2.41. The van der Waals surface area contributed by atoms with E-state index in [0.717, 1.165) is 0 Å². The first-order chi connectivity index (χ1) is 6.40. The first-order valence-electron chi connectivity index (χ1n) is 4.36. The van der Waals surface area contributed by atoms with E-state index < -0.39 is 5.60 Å². The maximum atomic E-state index is 11.6. The Kier molecular flexibility index (Phi) is 2.90. The van der Waals surface area contributed by atoms with Crippen molar-refractivity contribution in [1.29, 1.82) is 0 Å². The van der Waals surface area contributed by atoms with Gasteiger partial charge in [0.2, 0.25) is 0 Å². The fourth-order valence-electron chi connectivity index (χ4n) is 1.22. The number of rotatable bonds is 2. The lowest BCUT2D eigenvalue weighted by Gasteiger charge is -2.25. The second-order valence-electron chi connectivity index (χ2n) is 3.92. The van der Waals surface area contributed by atoms with Crippen molar-refractivity contribution in [2.24, 2.45) is 0 Å². The Hall–Kier alpha value is -1.36. The zero-order valence-electron chi connectivity index (χ0n) is 8.64. The van der Waals surface area contributed by atoms with Gasteiger partial charge in [-0.3, -0.25) is 4.57 Å². The normalized spacial score (nSPS) is 11.4. The van der Waals surface area contributed by atoms with Gasteiger partial charge in [0.15, 0.2) is 0 Å². The van der Waals surface area contributed by atoms with Crippen molar-refractivity contribution in [1.82, 2.24) is 14.5 Å². The Morgan fingerprint density at radius 2 is 2.29 bits per heavy atom. The lowest BCUT2D eigenvalue weighted by atomic mass is 10.1. The summed E-state index contributed by atoms with van der Waals surface area (Å²) in [6.45, 7) is 3.60. The monoisotopic (exact) mass is 197 g/mol. The van der Waals surface area contributed by atoms with Crippen LogP contribution in [0, 0.1) is 0 Å². The van der Waals surface area contributed by atoms with Gasteiger partial charge in [-0.15, -0.1) is 0 Å². The van der Waals surface area contributed by atoms with E-state index in [1.165, 1.54) is 22.0 Å². The van der Waals surface area contributed by atoms with Crippen molar-refractivity contribution in [3.63, 3.8) is 0 Å². The molecule has 0 fully saturated rings. The van der Waals surface area contributed by atoms with Gasteiger partial charge < -0.3 is 10.0 Å². The molecule has 78 valence electrons. The molecule has 0 saturated heterocycles. The molecule has 1 N–H and O–H groups in total. The average molecular weight is 197 g/mol. The molecule has 1 heterocycles. The number of carbonyl (C=O) groups excluding carboxylic acids is 1. The molecule has 0 atom stereocenters. The number of nitrogens with zero attached hydrogens (tertiary/aromatic N) is 3. The van der Waals surface area contributed by atoms with Crippen LogP contribution in [0.2, 0.25) is 0 Å². The molecule has 1 amide bonds. The molecular weight excluding hydrogens is 182 g/mol. The lowest BCUT2D eigenvalue weighted by molar-refractivity contribution is 0.0534. The summed E-state index contributed by atoms with van der Waals surface area (Å²) >= 11 is 0. The summed E-state index contributed by atoms with van der Waals surface area (Å²) in [6.07, 6.45) is 4.54. The van der Waals surface area contributed by atoms with E-state index >= 15 is 0 Å². The van der Waals surface area contributed by atoms with E-state index in [9.17, 15) is 9.90 Å². The quantitative estimate of drug-likeness (QED) is 0.753. The van der Waals surface area contributed by atoms with Gasteiger partial charge in [0.25, 0.3) is 0 Å². The molecule has 5 nitrogen and oxygen atoms in total. The molecule has 1 aromatic rings. The highest BCUT2D eigenvalue weighted by atomic mass is 16.3. The van der Waals surface area contributed by atoms with Crippen LogP contribution in [-0.4, -0.2) is 44.8 Å². The van der Waals surface area contributed by atoms with Gasteiger partial charge >= 0.3 is 6.03 Å². The molecule has 0 aliphatic rings. The Bertz CT molecular complexity index is 300. The van der Waals surface area contributed by atoms with E-state index in [-0.39, 0.29) is 12.6 Å². The fraction of sp³-hybridized carbons (Fsp3) is 0.556. The highest BCUT2D eigenvalue weighted by Gasteiger charge is 2.19. The average Bonchev–Trinajstić information content (AvgIpc) is 2.51. The molecule has 0 spiro atoms. The van der Waals surface area contributed by atoms with Crippen molar-refractivity contribution in [3.8, 4) is 0 Å². The van der Waals surface area contributed by atoms with Crippen molar-refractivity contribution in [2.75, 3.05) is 13.6 Å². The Morgan fingerprint density at radius 1 is 1.64 bits per heavy atom. The van der Waals surface area contributed by atoms with Crippen LogP contribution in [0.15, 0.2) is 18.7 Å². The van der Waals surface area contributed by atoms with Crippen molar-refractivity contribution in [2.45, 2.75) is 19.4 Å². The summed E-state index contributed by atoms with van der Waals surface area (Å²) in [5.41, 5.74) is -0.884. The number of hydrogen-bond donors (Lipinski definition) is 1. The predicted molar refractivity (Wildman–Crippen MR) is 51.9 cm³/mol. The first-order valence-corrected chi connectivity index (χ1v) is 4.36. The highest BCUT2D eigenvalue weighted by Crippen LogP contribution is 2.04. The summed E-state index contributed by atoms with van der Waals surface area (Å²) in [7, 11) is 1.64. The molecule has 0 aliphatic heterocycles. The summed E-state index contributed by atoms with van der Waals surface area (Å²) in [6, 6.07) is -0.204. The number of hydrogen-bond acceptors (Lipinski definition) is 3. The fourth-order valence-corrected chi connectivity index (χ4v) is 1.22. The van der Waals surface area contributed by atoms with Crippen LogP contribution in [0.3, 0.4) is 0 Å². The van der Waals surface area contributed by atoms with Crippen molar-refractivity contribution >= 4 is 6.03 Å². The third-order valence-electron chi connectivity index (χ3n) is 1.68. The van der Waals surface area contributed by atoms with E-state index in [4.69, 9.17) is 0 Å². The van der Waals surface area contributed by atoms with Crippen LogP contribution in [0.1, 0.15) is 13.8 Å². The summed E-state index contributed by atoms with van der Waals surface area (Å²) in [5.74, 6) is 0. The van der Waals surface area contributed by atoms with Gasteiger partial charge in [0.05, 0.1) is 12.1 Å². The van der Waals surface area contributed by atoms with Crippen LogP contribution in [-0.2, 0) is 0 Å². The van der Waals surface area contributed by atoms with Gasteiger partial charge in [-0.25, -0.2) is 9.78 Å². The number of imidazole rings is 1. The SMILES string of the molecule is CN(CC(C)(C)O)C(=O)n1ccnc1. The van der Waals surface area contributed by atoms with E-state index in [1.807, 2.05) is 0 Å². The first kappa shape index (κ1) is 10.7. The highest BCUT2D eigenvalue weighted by molar-refractivity contribution is 5.76. The van der Waals surface area contributed by atoms with E-state index in [1.54, 1.807) is 27.1 Å². The van der Waals surface area contributed by atoms with Gasteiger partial charge in [-0.1, -0.05) is 0 Å². The number of aliphatic hydroxyl groups is 1. The van der Waals surface area contributed by atoms with Gasteiger partial charge in [0, 0.05) is 19.4 Å². The Balaban J connectivity index is 2.63. The number of likely N-dealkylation sites (N-methyl/N-ethyl adjacent to an activating group) is 1. The molecule has 0 unspecified atom stereocenters. The van der Waals surface area contributed by atoms with Crippen LogP contribution >= 0.6 is 0 Å². The van der Waals surface area contributed by atoms with Crippen LogP contribution in [0.4, 0.5) is 4.79 Å². The molecular formula is C9H15N3O2. The van der Waals surface area contributed by atoms with E-state index in [2.05, 4.69) is 4.98 Å². The second kappa shape index (κ2) is 3.79. The summed E-state index contributed by atoms with van der Waals surface area (Å²) in [5, 5.41) is 9.52. The molecule has 14 heavy (non-hydrogen) atoms. The molecule has 0 radical (unpaired) electrons. The van der Waals surface area contributed by atoms with Gasteiger partial charge in [0.1, 0.15) is 6.33 Å². The largest absolute Gasteiger partial charge is 0.389 e. The van der Waals surface area contributed by atoms with Gasteiger partial charge in [-0.05, 0) is 13.8 Å². The van der Waals surface area contributed by atoms with E-state index in [0.29, 0.717) is 0 Å². The molecule has 0 aliphatic carbocycles.